The fraction of sp³-hybridized carbons (Fsp3) is 0.500. The van der Waals surface area contributed by atoms with Crippen LogP contribution in [0, 0.1) is 0 Å². The number of carbonyl (C=O) groups excluding carboxylic acids is 1. The van der Waals surface area contributed by atoms with E-state index >= 15 is 0 Å². The molecule has 2 N–H and O–H groups in total. The summed E-state index contributed by atoms with van der Waals surface area (Å²) in [6.45, 7) is 4.34. The van der Waals surface area contributed by atoms with Gasteiger partial charge in [0.1, 0.15) is 5.69 Å². The standard InChI is InChI=1S/C8H12N2O3S/c1-3-12-7-5(9)6(14-10-7)8(11)13-4-2/h3-4,9H2,1-2H3. The van der Waals surface area contributed by atoms with Gasteiger partial charge in [0.15, 0.2) is 4.88 Å². The molecule has 0 aliphatic carbocycles. The maximum absolute atomic E-state index is 11.3. The lowest BCUT2D eigenvalue weighted by atomic mass is 10.4. The second kappa shape index (κ2) is 4.80. The normalized spacial score (nSPS) is 9.86. The Morgan fingerprint density at radius 3 is 2.79 bits per heavy atom. The van der Waals surface area contributed by atoms with Crippen LogP contribution in [0.15, 0.2) is 0 Å². The molecule has 1 aromatic heterocycles. The van der Waals surface area contributed by atoms with Gasteiger partial charge in [-0.25, -0.2) is 4.79 Å². The zero-order valence-corrected chi connectivity index (χ0v) is 8.89. The summed E-state index contributed by atoms with van der Waals surface area (Å²) in [5, 5.41) is 0. The monoisotopic (exact) mass is 216 g/mol. The molecule has 5 nitrogen and oxygen atoms in total. The topological polar surface area (TPSA) is 74.4 Å². The minimum atomic E-state index is -0.451. The highest BCUT2D eigenvalue weighted by Gasteiger charge is 2.19. The molecule has 0 radical (unpaired) electrons. The Bertz CT molecular complexity index is 324. The number of carbonyl (C=O) groups is 1. The highest BCUT2D eigenvalue weighted by atomic mass is 32.1. The summed E-state index contributed by atoms with van der Waals surface area (Å²) in [6.07, 6.45) is 0. The maximum Gasteiger partial charge on any atom is 0.352 e. The van der Waals surface area contributed by atoms with E-state index in [9.17, 15) is 4.79 Å². The minimum absolute atomic E-state index is 0.260. The molecule has 0 atom stereocenters. The van der Waals surface area contributed by atoms with Gasteiger partial charge in [0.05, 0.1) is 13.2 Å². The highest BCUT2D eigenvalue weighted by molar-refractivity contribution is 7.08. The Balaban J connectivity index is 2.83. The van der Waals surface area contributed by atoms with E-state index in [0.717, 1.165) is 11.5 Å². The van der Waals surface area contributed by atoms with Crippen LogP contribution in [-0.4, -0.2) is 23.6 Å². The third kappa shape index (κ3) is 2.14. The summed E-state index contributed by atoms with van der Waals surface area (Å²) in [4.78, 5) is 11.6. The molecule has 0 aromatic carbocycles. The molecule has 0 amide bonds. The zero-order chi connectivity index (χ0) is 10.6. The molecule has 1 rings (SSSR count). The first-order valence-corrected chi connectivity index (χ1v) is 5.03. The van der Waals surface area contributed by atoms with E-state index in [2.05, 4.69) is 4.37 Å². The number of rotatable bonds is 4. The Kier molecular flexibility index (Phi) is 3.70. The number of esters is 1. The molecule has 1 aromatic rings. The predicted octanol–water partition coefficient (Wildman–Crippen LogP) is 1.30. The molecule has 0 fully saturated rings. The molecule has 0 spiro atoms. The Labute approximate surface area is 86.0 Å². The molecule has 0 unspecified atom stereocenters. The molecular formula is C8H12N2O3S. The quantitative estimate of drug-likeness (QED) is 0.768. The van der Waals surface area contributed by atoms with Crippen molar-refractivity contribution in [2.24, 2.45) is 0 Å². The van der Waals surface area contributed by atoms with E-state index in [1.54, 1.807) is 6.92 Å². The Morgan fingerprint density at radius 1 is 1.50 bits per heavy atom. The van der Waals surface area contributed by atoms with E-state index in [0.29, 0.717) is 24.0 Å². The van der Waals surface area contributed by atoms with Crippen molar-refractivity contribution in [2.45, 2.75) is 13.8 Å². The van der Waals surface area contributed by atoms with Crippen molar-refractivity contribution in [1.82, 2.24) is 4.37 Å². The number of hydrogen-bond donors (Lipinski definition) is 1. The van der Waals surface area contributed by atoms with Crippen LogP contribution in [0.2, 0.25) is 0 Å². The molecular weight excluding hydrogens is 204 g/mol. The lowest BCUT2D eigenvalue weighted by Crippen LogP contribution is -2.05. The van der Waals surface area contributed by atoms with Gasteiger partial charge in [0.2, 0.25) is 5.88 Å². The third-order valence-electron chi connectivity index (χ3n) is 1.44. The van der Waals surface area contributed by atoms with E-state index < -0.39 is 5.97 Å². The molecule has 78 valence electrons. The summed E-state index contributed by atoms with van der Waals surface area (Å²) >= 11 is 0.990. The van der Waals surface area contributed by atoms with Crippen molar-refractivity contribution in [1.29, 1.82) is 0 Å². The first-order valence-electron chi connectivity index (χ1n) is 4.25. The second-order valence-electron chi connectivity index (χ2n) is 2.38. The van der Waals surface area contributed by atoms with E-state index in [1.165, 1.54) is 0 Å². The van der Waals surface area contributed by atoms with Crippen LogP contribution in [0.4, 0.5) is 5.69 Å². The summed E-state index contributed by atoms with van der Waals surface area (Å²) in [7, 11) is 0. The number of hydrogen-bond acceptors (Lipinski definition) is 6. The van der Waals surface area contributed by atoms with E-state index in [4.69, 9.17) is 15.2 Å². The Hall–Kier alpha value is -1.30. The van der Waals surface area contributed by atoms with Gasteiger partial charge in [-0.1, -0.05) is 0 Å². The lowest BCUT2D eigenvalue weighted by Gasteiger charge is -2.00. The van der Waals surface area contributed by atoms with Crippen LogP contribution in [-0.2, 0) is 4.74 Å². The largest absolute Gasteiger partial charge is 0.476 e. The number of anilines is 1. The van der Waals surface area contributed by atoms with Crippen LogP contribution in [0.25, 0.3) is 0 Å². The summed E-state index contributed by atoms with van der Waals surface area (Å²) in [5.41, 5.74) is 5.90. The maximum atomic E-state index is 11.3. The van der Waals surface area contributed by atoms with Crippen molar-refractivity contribution in [3.8, 4) is 5.88 Å². The van der Waals surface area contributed by atoms with Gasteiger partial charge in [-0.2, -0.15) is 4.37 Å². The van der Waals surface area contributed by atoms with Crippen LogP contribution in [0.1, 0.15) is 23.5 Å². The second-order valence-corrected chi connectivity index (χ2v) is 3.16. The SMILES string of the molecule is CCOC(=O)c1snc(OCC)c1N. The lowest BCUT2D eigenvalue weighted by molar-refractivity contribution is 0.0533. The smallest absolute Gasteiger partial charge is 0.352 e. The third-order valence-corrected chi connectivity index (χ3v) is 2.26. The first kappa shape index (κ1) is 10.8. The summed E-state index contributed by atoms with van der Waals surface area (Å²) in [5.74, 6) is -0.144. The molecule has 0 aliphatic rings. The number of nitrogens with zero attached hydrogens (tertiary/aromatic N) is 1. The first-order chi connectivity index (χ1) is 6.70. The van der Waals surface area contributed by atoms with Crippen LogP contribution in [0.5, 0.6) is 5.88 Å². The van der Waals surface area contributed by atoms with Crippen molar-refractivity contribution in [3.05, 3.63) is 4.88 Å². The summed E-state index contributed by atoms with van der Waals surface area (Å²) < 4.78 is 13.8. The zero-order valence-electron chi connectivity index (χ0n) is 8.07. The van der Waals surface area contributed by atoms with Gasteiger partial charge in [0, 0.05) is 0 Å². The van der Waals surface area contributed by atoms with Crippen molar-refractivity contribution in [3.63, 3.8) is 0 Å². The van der Waals surface area contributed by atoms with Gasteiger partial charge in [-0.15, -0.1) is 0 Å². The van der Waals surface area contributed by atoms with Crippen LogP contribution >= 0.6 is 11.5 Å². The van der Waals surface area contributed by atoms with Gasteiger partial charge < -0.3 is 15.2 Å². The average Bonchev–Trinajstić information content (AvgIpc) is 2.49. The van der Waals surface area contributed by atoms with Crippen LogP contribution < -0.4 is 10.5 Å². The summed E-state index contributed by atoms with van der Waals surface area (Å²) in [6, 6.07) is 0. The highest BCUT2D eigenvalue weighted by Crippen LogP contribution is 2.28. The van der Waals surface area contributed by atoms with Crippen LogP contribution in [0.3, 0.4) is 0 Å². The van der Waals surface area contributed by atoms with Gasteiger partial charge in [-0.05, 0) is 25.4 Å². The van der Waals surface area contributed by atoms with Gasteiger partial charge in [0.25, 0.3) is 0 Å². The molecule has 6 heteroatoms. The molecule has 14 heavy (non-hydrogen) atoms. The number of nitrogen functional groups attached to an aromatic ring is 1. The molecule has 0 bridgehead atoms. The van der Waals surface area contributed by atoms with Gasteiger partial charge in [-0.3, -0.25) is 0 Å². The fourth-order valence-electron chi connectivity index (χ4n) is 0.867. The molecule has 0 saturated heterocycles. The molecule has 1 heterocycles. The van der Waals surface area contributed by atoms with Gasteiger partial charge >= 0.3 is 5.97 Å². The Morgan fingerprint density at radius 2 is 2.21 bits per heavy atom. The average molecular weight is 216 g/mol. The molecule has 0 saturated carbocycles. The van der Waals surface area contributed by atoms with Crippen molar-refractivity contribution >= 4 is 23.2 Å². The van der Waals surface area contributed by atoms with E-state index in [-0.39, 0.29) is 5.69 Å². The fourth-order valence-corrected chi connectivity index (χ4v) is 1.51. The number of nitrogens with two attached hydrogens (primary N) is 1. The van der Waals surface area contributed by atoms with Crippen molar-refractivity contribution < 1.29 is 14.3 Å². The number of aromatic nitrogens is 1. The number of ether oxygens (including phenoxy) is 2. The molecule has 0 aliphatic heterocycles. The van der Waals surface area contributed by atoms with E-state index in [1.807, 2.05) is 6.92 Å². The minimum Gasteiger partial charge on any atom is -0.476 e. The van der Waals surface area contributed by atoms with Crippen molar-refractivity contribution in [2.75, 3.05) is 18.9 Å². The predicted molar refractivity (Wildman–Crippen MR) is 53.7 cm³/mol.